The number of aromatic amines is 1. The highest BCUT2D eigenvalue weighted by Crippen LogP contribution is 2.31. The molecule has 0 atom stereocenters. The second-order valence-electron chi connectivity index (χ2n) is 5.43. The number of nitrogens with zero attached hydrogens (tertiary/aromatic N) is 2. The number of hydrogen-bond donors (Lipinski definition) is 2. The molecule has 7 nitrogen and oxygen atoms in total. The number of H-pyrrole nitrogens is 1. The van der Waals surface area contributed by atoms with Crippen LogP contribution >= 0.6 is 0 Å². The van der Waals surface area contributed by atoms with Crippen LogP contribution in [-0.4, -0.2) is 35.1 Å². The number of aromatic nitrogens is 3. The van der Waals surface area contributed by atoms with Crippen LogP contribution in [0.5, 0.6) is 11.5 Å². The minimum atomic E-state index is -0.360. The Kier molecular flexibility index (Phi) is 4.07. The minimum absolute atomic E-state index is 0.196. The summed E-state index contributed by atoms with van der Waals surface area (Å²) in [5.41, 5.74) is 3.17. The number of benzene rings is 1. The average molecular weight is 326 g/mol. The Bertz CT molecular complexity index is 856. The molecule has 1 aromatic carbocycles. The summed E-state index contributed by atoms with van der Waals surface area (Å²) < 4.78 is 10.5. The summed E-state index contributed by atoms with van der Waals surface area (Å²) in [5.74, 6) is 1.45. The summed E-state index contributed by atoms with van der Waals surface area (Å²) in [7, 11) is 3.11. The SMILES string of the molecule is COc1cc2nc(C(=O)Nc3cc(C)cc(C)n3)[nH]c2cc1OC. The van der Waals surface area contributed by atoms with Crippen LogP contribution < -0.4 is 14.8 Å². The molecule has 2 heterocycles. The fourth-order valence-electron chi connectivity index (χ4n) is 2.53. The number of ether oxygens (including phenoxy) is 2. The van der Waals surface area contributed by atoms with Crippen molar-refractivity contribution in [2.75, 3.05) is 19.5 Å². The number of fused-ring (bicyclic) bond motifs is 1. The van der Waals surface area contributed by atoms with E-state index in [1.54, 1.807) is 32.4 Å². The predicted octanol–water partition coefficient (Wildman–Crippen LogP) is 2.84. The predicted molar refractivity (Wildman–Crippen MR) is 90.9 cm³/mol. The lowest BCUT2D eigenvalue weighted by Crippen LogP contribution is -2.15. The quantitative estimate of drug-likeness (QED) is 0.769. The minimum Gasteiger partial charge on any atom is -0.493 e. The molecular formula is C17H18N4O3. The van der Waals surface area contributed by atoms with E-state index in [1.807, 2.05) is 19.9 Å². The molecule has 2 N–H and O–H groups in total. The van der Waals surface area contributed by atoms with Gasteiger partial charge in [0.05, 0.1) is 25.3 Å². The van der Waals surface area contributed by atoms with E-state index in [9.17, 15) is 4.79 Å². The molecule has 0 saturated heterocycles. The fraction of sp³-hybridized carbons (Fsp3) is 0.235. The number of methoxy groups -OCH3 is 2. The maximum atomic E-state index is 12.4. The highest BCUT2D eigenvalue weighted by atomic mass is 16.5. The summed E-state index contributed by atoms with van der Waals surface area (Å²) in [6.07, 6.45) is 0. The molecule has 0 unspecified atom stereocenters. The first-order chi connectivity index (χ1) is 11.5. The van der Waals surface area contributed by atoms with Gasteiger partial charge in [0.15, 0.2) is 17.3 Å². The van der Waals surface area contributed by atoms with Gasteiger partial charge in [-0.1, -0.05) is 0 Å². The van der Waals surface area contributed by atoms with E-state index < -0.39 is 0 Å². The maximum absolute atomic E-state index is 12.4. The smallest absolute Gasteiger partial charge is 0.292 e. The van der Waals surface area contributed by atoms with E-state index in [-0.39, 0.29) is 11.7 Å². The number of pyridine rings is 1. The molecule has 7 heteroatoms. The topological polar surface area (TPSA) is 89.1 Å². The lowest BCUT2D eigenvalue weighted by atomic mass is 10.2. The van der Waals surface area contributed by atoms with E-state index in [0.29, 0.717) is 28.4 Å². The van der Waals surface area contributed by atoms with Gasteiger partial charge in [-0.15, -0.1) is 0 Å². The van der Waals surface area contributed by atoms with Gasteiger partial charge in [0.25, 0.3) is 5.91 Å². The average Bonchev–Trinajstić information content (AvgIpc) is 2.95. The Morgan fingerprint density at radius 2 is 1.75 bits per heavy atom. The zero-order chi connectivity index (χ0) is 17.3. The van der Waals surface area contributed by atoms with Gasteiger partial charge in [0.1, 0.15) is 5.82 Å². The van der Waals surface area contributed by atoms with Gasteiger partial charge in [-0.05, 0) is 31.5 Å². The first-order valence-electron chi connectivity index (χ1n) is 7.38. The van der Waals surface area contributed by atoms with E-state index in [4.69, 9.17) is 9.47 Å². The first-order valence-corrected chi connectivity index (χ1v) is 7.38. The summed E-state index contributed by atoms with van der Waals surface area (Å²) in [4.78, 5) is 24.0. The van der Waals surface area contributed by atoms with Crippen molar-refractivity contribution < 1.29 is 14.3 Å². The van der Waals surface area contributed by atoms with Gasteiger partial charge >= 0.3 is 0 Å². The molecule has 0 fully saturated rings. The highest BCUT2D eigenvalue weighted by molar-refractivity contribution is 6.03. The first kappa shape index (κ1) is 15.8. The van der Waals surface area contributed by atoms with Crippen molar-refractivity contribution in [3.05, 3.63) is 41.3 Å². The molecule has 0 saturated carbocycles. The van der Waals surface area contributed by atoms with Crippen molar-refractivity contribution in [3.8, 4) is 11.5 Å². The molecule has 3 rings (SSSR count). The number of carbonyl (C=O) groups is 1. The molecular weight excluding hydrogens is 308 g/mol. The summed E-state index contributed by atoms with van der Waals surface area (Å²) in [5, 5.41) is 2.75. The number of rotatable bonds is 4. The molecule has 124 valence electrons. The number of carbonyl (C=O) groups excluding carboxylic acids is 1. The van der Waals surface area contributed by atoms with E-state index in [0.717, 1.165) is 11.3 Å². The van der Waals surface area contributed by atoms with Gasteiger partial charge in [-0.3, -0.25) is 4.79 Å². The number of anilines is 1. The summed E-state index contributed by atoms with van der Waals surface area (Å²) >= 11 is 0. The van der Waals surface area contributed by atoms with Gasteiger partial charge in [0.2, 0.25) is 0 Å². The maximum Gasteiger partial charge on any atom is 0.292 e. The number of hydrogen-bond acceptors (Lipinski definition) is 5. The molecule has 0 bridgehead atoms. The normalized spacial score (nSPS) is 10.7. The van der Waals surface area contributed by atoms with Crippen LogP contribution in [0, 0.1) is 13.8 Å². The van der Waals surface area contributed by atoms with Crippen molar-refractivity contribution in [3.63, 3.8) is 0 Å². The van der Waals surface area contributed by atoms with Crippen molar-refractivity contribution >= 4 is 22.8 Å². The van der Waals surface area contributed by atoms with Gasteiger partial charge in [0, 0.05) is 17.8 Å². The third-order valence-electron chi connectivity index (χ3n) is 3.54. The third-order valence-corrected chi connectivity index (χ3v) is 3.54. The van der Waals surface area contributed by atoms with Crippen LogP contribution in [0.25, 0.3) is 11.0 Å². The van der Waals surface area contributed by atoms with Crippen LogP contribution in [0.1, 0.15) is 21.9 Å². The Labute approximate surface area is 139 Å². The molecule has 1 amide bonds. The second kappa shape index (κ2) is 6.19. The van der Waals surface area contributed by atoms with E-state index in [2.05, 4.69) is 20.3 Å². The fourth-order valence-corrected chi connectivity index (χ4v) is 2.53. The Hall–Kier alpha value is -3.09. The zero-order valence-corrected chi connectivity index (χ0v) is 13.9. The molecule has 3 aromatic rings. The van der Waals surface area contributed by atoms with Crippen molar-refractivity contribution in [2.45, 2.75) is 13.8 Å². The van der Waals surface area contributed by atoms with Crippen LogP contribution in [-0.2, 0) is 0 Å². The number of imidazole rings is 1. The van der Waals surface area contributed by atoms with Crippen LogP contribution in [0.2, 0.25) is 0 Å². The molecule has 2 aromatic heterocycles. The Morgan fingerprint density at radius 1 is 1.04 bits per heavy atom. The largest absolute Gasteiger partial charge is 0.493 e. The third kappa shape index (κ3) is 3.01. The Balaban J connectivity index is 1.92. The van der Waals surface area contributed by atoms with Gasteiger partial charge < -0.3 is 19.8 Å². The molecule has 0 aliphatic rings. The van der Waals surface area contributed by atoms with E-state index >= 15 is 0 Å². The zero-order valence-electron chi connectivity index (χ0n) is 13.9. The standard InChI is InChI=1S/C17H18N4O3/c1-9-5-10(2)18-15(6-9)21-17(22)16-19-11-7-13(23-3)14(24-4)8-12(11)20-16/h5-8H,1-4H3,(H,19,20)(H,18,21,22). The molecule has 0 radical (unpaired) electrons. The molecule has 0 aliphatic heterocycles. The molecule has 0 spiro atoms. The number of aryl methyl sites for hydroxylation is 2. The summed E-state index contributed by atoms with van der Waals surface area (Å²) in [6, 6.07) is 7.21. The van der Waals surface area contributed by atoms with Gasteiger partial charge in [-0.25, -0.2) is 9.97 Å². The van der Waals surface area contributed by atoms with Crippen LogP contribution in [0.15, 0.2) is 24.3 Å². The van der Waals surface area contributed by atoms with Gasteiger partial charge in [-0.2, -0.15) is 0 Å². The van der Waals surface area contributed by atoms with E-state index in [1.165, 1.54) is 0 Å². The lowest BCUT2D eigenvalue weighted by molar-refractivity contribution is 0.101. The van der Waals surface area contributed by atoms with Crippen molar-refractivity contribution in [1.29, 1.82) is 0 Å². The highest BCUT2D eigenvalue weighted by Gasteiger charge is 2.15. The van der Waals surface area contributed by atoms with Crippen molar-refractivity contribution in [2.24, 2.45) is 0 Å². The number of amides is 1. The summed E-state index contributed by atoms with van der Waals surface area (Å²) in [6.45, 7) is 3.83. The van der Waals surface area contributed by atoms with Crippen molar-refractivity contribution in [1.82, 2.24) is 15.0 Å². The lowest BCUT2D eigenvalue weighted by Gasteiger charge is -2.06. The molecule has 0 aliphatic carbocycles. The Morgan fingerprint density at radius 3 is 2.42 bits per heavy atom. The second-order valence-corrected chi connectivity index (χ2v) is 5.43. The monoisotopic (exact) mass is 326 g/mol. The van der Waals surface area contributed by atoms with Crippen LogP contribution in [0.3, 0.4) is 0 Å². The number of nitrogens with one attached hydrogen (secondary N) is 2. The van der Waals surface area contributed by atoms with Crippen LogP contribution in [0.4, 0.5) is 5.82 Å². The molecule has 24 heavy (non-hydrogen) atoms.